The minimum Gasteiger partial charge on any atom is -0.508 e. The molecule has 3 atom stereocenters. The maximum atomic E-state index is 14.5. The third-order valence-electron chi connectivity index (χ3n) is 7.17. The quantitative estimate of drug-likeness (QED) is 0.333. The minimum atomic E-state index is -4.67. The largest absolute Gasteiger partial charge is 0.508 e. The zero-order chi connectivity index (χ0) is 28.1. The fraction of sp³-hybridized carbons (Fsp3) is 0.179. The van der Waals surface area contributed by atoms with E-state index in [4.69, 9.17) is 23.2 Å². The van der Waals surface area contributed by atoms with Crippen molar-refractivity contribution in [2.24, 2.45) is 5.92 Å². The van der Waals surface area contributed by atoms with Crippen molar-refractivity contribution in [3.63, 3.8) is 0 Å². The Morgan fingerprint density at radius 2 is 1.77 bits per heavy atom. The number of carbonyl (C=O) groups is 2. The Bertz CT molecular complexity index is 1510. The molecule has 0 spiro atoms. The third-order valence-corrected chi connectivity index (χ3v) is 7.71. The van der Waals surface area contributed by atoms with Crippen molar-refractivity contribution in [1.29, 1.82) is 0 Å². The molecular weight excluding hydrogens is 554 g/mol. The number of hydrogen-bond acceptors (Lipinski definition) is 5. The number of phenolic OH excluding ortho intramolecular Hbond substituents is 1. The van der Waals surface area contributed by atoms with Gasteiger partial charge in [-0.3, -0.25) is 15.0 Å². The molecule has 2 aliphatic rings. The molecular formula is C28H20Cl2F3N3O3. The average Bonchev–Trinajstić information content (AvgIpc) is 3.11. The number of alkyl halides is 3. The molecule has 1 aliphatic carbocycles. The van der Waals surface area contributed by atoms with Crippen LogP contribution in [0.3, 0.4) is 0 Å². The molecule has 200 valence electrons. The lowest BCUT2D eigenvalue weighted by atomic mass is 9.56. The van der Waals surface area contributed by atoms with E-state index in [-0.39, 0.29) is 18.0 Å². The number of benzene rings is 2. The van der Waals surface area contributed by atoms with Gasteiger partial charge in [0.05, 0.1) is 21.9 Å². The van der Waals surface area contributed by atoms with Crippen LogP contribution in [0.2, 0.25) is 10.0 Å². The van der Waals surface area contributed by atoms with Crippen molar-refractivity contribution < 1.29 is 27.9 Å². The third kappa shape index (κ3) is 4.35. The number of nitrogens with one attached hydrogen (secondary N) is 1. The summed E-state index contributed by atoms with van der Waals surface area (Å²) in [5.74, 6) is -3.10. The second kappa shape index (κ2) is 9.73. The van der Waals surface area contributed by atoms with Crippen LogP contribution in [0.1, 0.15) is 29.0 Å². The summed E-state index contributed by atoms with van der Waals surface area (Å²) >= 11 is 12.2. The number of halogens is 5. The lowest BCUT2D eigenvalue weighted by Crippen LogP contribution is -2.48. The van der Waals surface area contributed by atoms with Crippen LogP contribution >= 0.6 is 23.2 Å². The molecule has 1 fully saturated rings. The number of anilines is 1. The number of aromatic hydroxyl groups is 1. The smallest absolute Gasteiger partial charge is 0.417 e. The van der Waals surface area contributed by atoms with E-state index in [0.717, 1.165) is 5.01 Å². The maximum absolute atomic E-state index is 14.5. The summed E-state index contributed by atoms with van der Waals surface area (Å²) < 4.78 is 39.4. The van der Waals surface area contributed by atoms with E-state index in [2.05, 4.69) is 17.0 Å². The molecule has 2 N–H and O–H groups in total. The van der Waals surface area contributed by atoms with Gasteiger partial charge in [-0.05, 0) is 53.5 Å². The molecule has 0 radical (unpaired) electrons. The normalized spacial score (nSPS) is 22.9. The standard InChI is InChI=1S/C28H20Cl2F3N3O3/c1-2-15-5-12-21-25(38)36(35-24-22(30)13-18(14-34-24)28(31,32)33)26(39)27(21,17-6-8-19(29)9-7-17)23(15)16-3-10-20(37)11-4-16/h2-11,13-14,21,23,37H,1,12H2,(H,34,35). The highest BCUT2D eigenvalue weighted by atomic mass is 35.5. The molecule has 1 aliphatic heterocycles. The van der Waals surface area contributed by atoms with Crippen LogP contribution in [-0.2, 0) is 21.2 Å². The van der Waals surface area contributed by atoms with E-state index in [0.29, 0.717) is 34.0 Å². The Balaban J connectivity index is 1.67. The molecule has 5 rings (SSSR count). The number of nitrogens with zero attached hydrogens (tertiary/aromatic N) is 2. The number of allylic oxidation sites excluding steroid dienone is 3. The summed E-state index contributed by atoms with van der Waals surface area (Å²) in [5.41, 5.74) is 1.87. The molecule has 2 aromatic carbocycles. The van der Waals surface area contributed by atoms with E-state index < -0.39 is 45.8 Å². The van der Waals surface area contributed by atoms with Crippen LogP contribution in [0.5, 0.6) is 5.75 Å². The zero-order valence-electron chi connectivity index (χ0n) is 20.0. The Morgan fingerprint density at radius 3 is 2.36 bits per heavy atom. The number of aromatic nitrogens is 1. The molecule has 39 heavy (non-hydrogen) atoms. The molecule has 1 saturated heterocycles. The predicted molar refractivity (Wildman–Crippen MR) is 140 cm³/mol. The average molecular weight is 574 g/mol. The number of pyridine rings is 1. The van der Waals surface area contributed by atoms with Gasteiger partial charge in [-0.2, -0.15) is 18.2 Å². The van der Waals surface area contributed by atoms with Crippen molar-refractivity contribution in [3.05, 3.63) is 112 Å². The van der Waals surface area contributed by atoms with Gasteiger partial charge in [-0.15, -0.1) is 0 Å². The van der Waals surface area contributed by atoms with E-state index in [1.54, 1.807) is 42.5 Å². The number of rotatable bonds is 5. The first-order valence-corrected chi connectivity index (χ1v) is 12.5. The number of fused-ring (bicyclic) bond motifs is 1. The predicted octanol–water partition coefficient (Wildman–Crippen LogP) is 6.66. The van der Waals surface area contributed by atoms with Crippen LogP contribution < -0.4 is 5.43 Å². The van der Waals surface area contributed by atoms with Crippen molar-refractivity contribution in [2.75, 3.05) is 5.43 Å². The highest BCUT2D eigenvalue weighted by Crippen LogP contribution is 2.57. The summed E-state index contributed by atoms with van der Waals surface area (Å²) in [4.78, 5) is 32.0. The number of amides is 2. The Labute approximate surface area is 231 Å². The lowest BCUT2D eigenvalue weighted by Gasteiger charge is -2.43. The van der Waals surface area contributed by atoms with Gasteiger partial charge in [0, 0.05) is 17.1 Å². The van der Waals surface area contributed by atoms with E-state index >= 15 is 0 Å². The molecule has 3 unspecified atom stereocenters. The second-order valence-corrected chi connectivity index (χ2v) is 10.1. The fourth-order valence-electron chi connectivity index (χ4n) is 5.46. The number of hydrogen-bond donors (Lipinski definition) is 2. The van der Waals surface area contributed by atoms with Gasteiger partial charge in [0.2, 0.25) is 0 Å². The molecule has 6 nitrogen and oxygen atoms in total. The monoisotopic (exact) mass is 573 g/mol. The SMILES string of the molecule is C=CC1=CCC2C(=O)N(Nc3ncc(C(F)(F)F)cc3Cl)C(=O)C2(c2ccc(Cl)cc2)C1c1ccc(O)cc1. The fourth-order valence-corrected chi connectivity index (χ4v) is 5.79. The first-order valence-electron chi connectivity index (χ1n) is 11.7. The van der Waals surface area contributed by atoms with Crippen LogP contribution in [0.4, 0.5) is 19.0 Å². The van der Waals surface area contributed by atoms with Gasteiger partial charge in [-0.25, -0.2) is 4.98 Å². The van der Waals surface area contributed by atoms with E-state index in [1.807, 2.05) is 6.08 Å². The molecule has 1 aromatic heterocycles. The summed E-state index contributed by atoms with van der Waals surface area (Å²) in [5, 5.41) is 10.7. The van der Waals surface area contributed by atoms with Gasteiger partial charge >= 0.3 is 6.18 Å². The van der Waals surface area contributed by atoms with Gasteiger partial charge in [0.15, 0.2) is 5.82 Å². The molecule has 0 bridgehead atoms. The Morgan fingerprint density at radius 1 is 1.10 bits per heavy atom. The van der Waals surface area contributed by atoms with Crippen molar-refractivity contribution in [3.8, 4) is 5.75 Å². The van der Waals surface area contributed by atoms with Gasteiger partial charge in [0.25, 0.3) is 11.8 Å². The zero-order valence-corrected chi connectivity index (χ0v) is 21.6. The summed E-state index contributed by atoms with van der Waals surface area (Å²) in [6.07, 6.45) is -0.464. The summed E-state index contributed by atoms with van der Waals surface area (Å²) in [6, 6.07) is 13.5. The van der Waals surface area contributed by atoms with Crippen molar-refractivity contribution in [2.45, 2.75) is 23.9 Å². The number of phenols is 1. The van der Waals surface area contributed by atoms with E-state index in [1.165, 1.54) is 12.1 Å². The number of carbonyl (C=O) groups excluding carboxylic acids is 2. The molecule has 0 saturated carbocycles. The molecule has 2 heterocycles. The van der Waals surface area contributed by atoms with Gasteiger partial charge in [-0.1, -0.05) is 66.2 Å². The number of imide groups is 1. The molecule has 2 amide bonds. The van der Waals surface area contributed by atoms with Crippen molar-refractivity contribution >= 4 is 40.8 Å². The maximum Gasteiger partial charge on any atom is 0.417 e. The highest BCUT2D eigenvalue weighted by molar-refractivity contribution is 6.33. The first-order chi connectivity index (χ1) is 18.5. The molecule has 11 heteroatoms. The first kappa shape index (κ1) is 26.8. The topological polar surface area (TPSA) is 82.5 Å². The summed E-state index contributed by atoms with van der Waals surface area (Å²) in [6.45, 7) is 3.92. The van der Waals surface area contributed by atoms with E-state index in [9.17, 15) is 27.9 Å². The van der Waals surface area contributed by atoms with Gasteiger partial charge in [0.1, 0.15) is 5.75 Å². The molecule has 3 aromatic rings. The minimum absolute atomic E-state index is 0.0240. The summed E-state index contributed by atoms with van der Waals surface area (Å²) in [7, 11) is 0. The second-order valence-electron chi connectivity index (χ2n) is 9.24. The highest BCUT2D eigenvalue weighted by Gasteiger charge is 2.66. The van der Waals surface area contributed by atoms with Crippen LogP contribution in [0.25, 0.3) is 0 Å². The van der Waals surface area contributed by atoms with Crippen LogP contribution in [0.15, 0.2) is 85.1 Å². The Hall–Kier alpha value is -3.82. The van der Waals surface area contributed by atoms with Crippen LogP contribution in [0, 0.1) is 5.92 Å². The van der Waals surface area contributed by atoms with Crippen LogP contribution in [-0.4, -0.2) is 26.9 Å². The van der Waals surface area contributed by atoms with Gasteiger partial charge < -0.3 is 5.11 Å². The number of hydrazine groups is 1. The van der Waals surface area contributed by atoms with Crippen molar-refractivity contribution in [1.82, 2.24) is 9.99 Å². The Kier molecular flexibility index (Phi) is 6.68. The lowest BCUT2D eigenvalue weighted by molar-refractivity contribution is -0.139.